The van der Waals surface area contributed by atoms with Crippen LogP contribution in [-0.2, 0) is 10.5 Å². The summed E-state index contributed by atoms with van der Waals surface area (Å²) in [5, 5.41) is 9.95. The van der Waals surface area contributed by atoms with Gasteiger partial charge in [-0.2, -0.15) is 0 Å². The molecule has 35 heavy (non-hydrogen) atoms. The second-order valence-corrected chi connectivity index (χ2v) is 9.67. The maximum atomic E-state index is 12.6. The van der Waals surface area contributed by atoms with Crippen LogP contribution in [0.4, 0.5) is 0 Å². The summed E-state index contributed by atoms with van der Waals surface area (Å²) in [7, 11) is 0. The molecule has 1 N–H and O–H groups in total. The number of hydrogen-bond acceptors (Lipinski definition) is 4. The zero-order valence-electron chi connectivity index (χ0n) is 18.4. The Morgan fingerprint density at radius 1 is 0.771 bits per heavy atom. The van der Waals surface area contributed by atoms with E-state index >= 15 is 0 Å². The fourth-order valence-electron chi connectivity index (χ4n) is 3.46. The van der Waals surface area contributed by atoms with E-state index in [2.05, 4.69) is 0 Å². The molecule has 4 aromatic carbocycles. The zero-order valence-corrected chi connectivity index (χ0v) is 20.7. The van der Waals surface area contributed by atoms with E-state index in [1.165, 1.54) is 11.8 Å². The molecule has 4 aromatic rings. The van der Waals surface area contributed by atoms with Crippen molar-refractivity contribution in [3.8, 4) is 11.5 Å². The lowest BCUT2D eigenvalue weighted by atomic mass is 10.0. The number of carbonyl (C=O) groups excluding carboxylic acids is 1. The lowest BCUT2D eigenvalue weighted by molar-refractivity contribution is -0.136. The van der Waals surface area contributed by atoms with Crippen molar-refractivity contribution < 1.29 is 19.4 Å². The van der Waals surface area contributed by atoms with Gasteiger partial charge in [-0.05, 0) is 41.5 Å². The minimum atomic E-state index is -0.950. The SMILES string of the molecule is O=C(c1ccccc1)c1ccc(CSC(C(=O)O)c2cccc(Oc3cc(Cl)cc(Cl)c3)c2)cc1. The van der Waals surface area contributed by atoms with Gasteiger partial charge >= 0.3 is 5.97 Å². The first-order valence-corrected chi connectivity index (χ1v) is 12.5. The third-order valence-corrected chi connectivity index (χ3v) is 6.87. The molecule has 0 spiro atoms. The van der Waals surface area contributed by atoms with E-state index < -0.39 is 11.2 Å². The number of benzene rings is 4. The fourth-order valence-corrected chi connectivity index (χ4v) is 5.00. The van der Waals surface area contributed by atoms with Crippen LogP contribution < -0.4 is 4.74 Å². The van der Waals surface area contributed by atoms with Gasteiger partial charge in [0.2, 0.25) is 0 Å². The van der Waals surface area contributed by atoms with Gasteiger partial charge in [-0.3, -0.25) is 9.59 Å². The number of hydrogen-bond donors (Lipinski definition) is 1. The molecule has 4 nitrogen and oxygen atoms in total. The molecule has 0 aromatic heterocycles. The first-order chi connectivity index (χ1) is 16.9. The van der Waals surface area contributed by atoms with Crippen LogP contribution in [0.15, 0.2) is 97.1 Å². The Morgan fingerprint density at radius 3 is 2.09 bits per heavy atom. The summed E-state index contributed by atoms with van der Waals surface area (Å²) in [4.78, 5) is 24.6. The predicted octanol–water partition coefficient (Wildman–Crippen LogP) is 8.08. The van der Waals surface area contributed by atoms with Crippen molar-refractivity contribution in [2.24, 2.45) is 0 Å². The van der Waals surface area contributed by atoms with Crippen LogP contribution in [0.25, 0.3) is 0 Å². The summed E-state index contributed by atoms with van der Waals surface area (Å²) < 4.78 is 5.84. The largest absolute Gasteiger partial charge is 0.480 e. The minimum Gasteiger partial charge on any atom is -0.480 e. The highest BCUT2D eigenvalue weighted by atomic mass is 35.5. The molecular formula is C28H20Cl2O4S. The Balaban J connectivity index is 1.44. The van der Waals surface area contributed by atoms with E-state index in [-0.39, 0.29) is 5.78 Å². The molecule has 1 atom stereocenters. The average molecular weight is 523 g/mol. The van der Waals surface area contributed by atoms with Crippen molar-refractivity contribution in [2.75, 3.05) is 0 Å². The quantitative estimate of drug-likeness (QED) is 0.225. The number of carboxylic acids is 1. The number of aliphatic carboxylic acids is 1. The molecular weight excluding hydrogens is 503 g/mol. The average Bonchev–Trinajstić information content (AvgIpc) is 2.84. The van der Waals surface area contributed by atoms with Crippen molar-refractivity contribution in [3.05, 3.63) is 129 Å². The van der Waals surface area contributed by atoms with Crippen molar-refractivity contribution in [1.29, 1.82) is 0 Å². The first kappa shape index (κ1) is 24.9. The molecule has 0 heterocycles. The molecule has 0 aliphatic rings. The van der Waals surface area contributed by atoms with E-state index in [1.807, 2.05) is 30.3 Å². The summed E-state index contributed by atoms with van der Waals surface area (Å²) in [6.07, 6.45) is 0. The molecule has 176 valence electrons. The molecule has 0 aliphatic heterocycles. The molecule has 1 unspecified atom stereocenters. The Morgan fingerprint density at radius 2 is 1.43 bits per heavy atom. The Labute approximate surface area is 217 Å². The Kier molecular flexibility index (Phi) is 8.13. The number of rotatable bonds is 9. The fraction of sp³-hybridized carbons (Fsp3) is 0.0714. The number of carbonyl (C=O) groups is 2. The van der Waals surface area contributed by atoms with Gasteiger partial charge < -0.3 is 9.84 Å². The van der Waals surface area contributed by atoms with Gasteiger partial charge in [0.15, 0.2) is 5.78 Å². The van der Waals surface area contributed by atoms with Gasteiger partial charge in [-0.15, -0.1) is 11.8 Å². The number of carboxylic acid groups (broad SMARTS) is 1. The zero-order chi connectivity index (χ0) is 24.8. The topological polar surface area (TPSA) is 63.6 Å². The van der Waals surface area contributed by atoms with E-state index in [1.54, 1.807) is 66.7 Å². The van der Waals surface area contributed by atoms with Gasteiger partial charge in [0.05, 0.1) is 0 Å². The third-order valence-electron chi connectivity index (χ3n) is 5.13. The van der Waals surface area contributed by atoms with E-state index in [0.717, 1.165) is 5.56 Å². The summed E-state index contributed by atoms with van der Waals surface area (Å²) in [6.45, 7) is 0. The van der Waals surface area contributed by atoms with Crippen molar-refractivity contribution >= 4 is 46.7 Å². The van der Waals surface area contributed by atoms with E-state index in [0.29, 0.717) is 44.0 Å². The van der Waals surface area contributed by atoms with Crippen LogP contribution in [0.2, 0.25) is 10.0 Å². The number of thioether (sulfide) groups is 1. The lowest BCUT2D eigenvalue weighted by Crippen LogP contribution is -2.08. The molecule has 0 bridgehead atoms. The van der Waals surface area contributed by atoms with Gasteiger partial charge in [0.25, 0.3) is 0 Å². The van der Waals surface area contributed by atoms with Gasteiger partial charge in [-0.25, -0.2) is 0 Å². The maximum absolute atomic E-state index is 12.6. The minimum absolute atomic E-state index is 0.0500. The summed E-state index contributed by atoms with van der Waals surface area (Å²) >= 11 is 13.4. The number of halogens is 2. The number of ether oxygens (including phenoxy) is 1. The second kappa shape index (κ2) is 11.5. The van der Waals surface area contributed by atoms with E-state index in [4.69, 9.17) is 27.9 Å². The molecule has 7 heteroatoms. The van der Waals surface area contributed by atoms with Crippen molar-refractivity contribution in [1.82, 2.24) is 0 Å². The van der Waals surface area contributed by atoms with Crippen LogP contribution in [-0.4, -0.2) is 16.9 Å². The normalized spacial score (nSPS) is 11.6. The van der Waals surface area contributed by atoms with Crippen LogP contribution in [0.3, 0.4) is 0 Å². The monoisotopic (exact) mass is 522 g/mol. The van der Waals surface area contributed by atoms with Gasteiger partial charge in [0, 0.05) is 26.9 Å². The molecule has 0 saturated heterocycles. The molecule has 0 saturated carbocycles. The highest BCUT2D eigenvalue weighted by molar-refractivity contribution is 7.99. The third kappa shape index (κ3) is 6.67. The van der Waals surface area contributed by atoms with Crippen LogP contribution >= 0.6 is 35.0 Å². The standard InChI is InChI=1S/C28H20Cl2O4S/c29-22-14-23(30)16-25(15-22)34-24-8-4-7-21(13-24)27(28(32)33)35-17-18-9-11-20(12-10-18)26(31)19-5-2-1-3-6-19/h1-16,27H,17H2,(H,32,33). The summed E-state index contributed by atoms with van der Waals surface area (Å²) in [5.74, 6) is 0.409. The highest BCUT2D eigenvalue weighted by Crippen LogP contribution is 2.35. The first-order valence-electron chi connectivity index (χ1n) is 10.7. The highest BCUT2D eigenvalue weighted by Gasteiger charge is 2.21. The van der Waals surface area contributed by atoms with Crippen LogP contribution in [0.1, 0.15) is 32.3 Å². The molecule has 0 amide bonds. The van der Waals surface area contributed by atoms with Crippen LogP contribution in [0.5, 0.6) is 11.5 Å². The van der Waals surface area contributed by atoms with Gasteiger partial charge in [-0.1, -0.05) is 89.9 Å². The summed E-state index contributed by atoms with van der Waals surface area (Å²) in [5.41, 5.74) is 2.74. The van der Waals surface area contributed by atoms with Gasteiger partial charge in [0.1, 0.15) is 16.7 Å². The molecule has 0 fully saturated rings. The van der Waals surface area contributed by atoms with Crippen molar-refractivity contribution in [2.45, 2.75) is 11.0 Å². The number of ketones is 1. The van der Waals surface area contributed by atoms with Crippen molar-refractivity contribution in [3.63, 3.8) is 0 Å². The predicted molar refractivity (Wildman–Crippen MR) is 141 cm³/mol. The molecule has 4 rings (SSSR count). The second-order valence-electron chi connectivity index (χ2n) is 7.70. The van der Waals surface area contributed by atoms with E-state index in [9.17, 15) is 14.7 Å². The molecule has 0 aliphatic carbocycles. The Hall–Kier alpha value is -3.25. The maximum Gasteiger partial charge on any atom is 0.321 e. The lowest BCUT2D eigenvalue weighted by Gasteiger charge is -2.14. The van der Waals surface area contributed by atoms with Crippen LogP contribution in [0, 0.1) is 0 Å². The summed E-state index contributed by atoms with van der Waals surface area (Å²) in [6, 6.07) is 28.1. The molecule has 0 radical (unpaired) electrons. The smallest absolute Gasteiger partial charge is 0.321 e. The Bertz CT molecular complexity index is 1320.